The van der Waals surface area contributed by atoms with Gasteiger partial charge in [-0.2, -0.15) is 0 Å². The van der Waals surface area contributed by atoms with Crippen molar-refractivity contribution in [2.24, 2.45) is 5.92 Å². The second-order valence-electron chi connectivity index (χ2n) is 9.04. The van der Waals surface area contributed by atoms with Crippen molar-refractivity contribution < 1.29 is 4.79 Å². The molecule has 4 atom stereocenters. The van der Waals surface area contributed by atoms with Crippen LogP contribution in [0.1, 0.15) is 58.3 Å². The van der Waals surface area contributed by atoms with E-state index in [1.807, 2.05) is 11.6 Å². The highest BCUT2D eigenvalue weighted by Gasteiger charge is 2.49. The van der Waals surface area contributed by atoms with Gasteiger partial charge in [0.05, 0.1) is 6.04 Å². The highest BCUT2D eigenvalue weighted by molar-refractivity contribution is 7.13. The van der Waals surface area contributed by atoms with Gasteiger partial charge in [0.15, 0.2) is 5.13 Å². The van der Waals surface area contributed by atoms with Crippen LogP contribution in [0.15, 0.2) is 11.6 Å². The Labute approximate surface area is 166 Å². The number of hydrogen-bond donors (Lipinski definition) is 0. The largest absolute Gasteiger partial charge is 0.296 e. The molecule has 0 aromatic carbocycles. The van der Waals surface area contributed by atoms with Crippen LogP contribution in [0.5, 0.6) is 0 Å². The van der Waals surface area contributed by atoms with E-state index in [-0.39, 0.29) is 11.9 Å². The monoisotopic (exact) mass is 388 g/mol. The third-order valence-electron chi connectivity index (χ3n) is 7.57. The lowest BCUT2D eigenvalue weighted by molar-refractivity contribution is -0.123. The molecule has 6 heteroatoms. The summed E-state index contributed by atoms with van der Waals surface area (Å²) in [6.45, 7) is 5.58. The minimum absolute atomic E-state index is 0.0394. The van der Waals surface area contributed by atoms with Crippen molar-refractivity contribution in [2.45, 2.75) is 82.5 Å². The maximum atomic E-state index is 13.6. The molecule has 0 radical (unpaired) electrons. The van der Waals surface area contributed by atoms with Crippen molar-refractivity contribution in [1.29, 1.82) is 0 Å². The zero-order valence-corrected chi connectivity index (χ0v) is 17.2. The second-order valence-corrected chi connectivity index (χ2v) is 9.91. The van der Waals surface area contributed by atoms with Gasteiger partial charge in [-0.1, -0.05) is 19.3 Å². The maximum absolute atomic E-state index is 13.6. The van der Waals surface area contributed by atoms with Crippen molar-refractivity contribution in [2.75, 3.05) is 24.5 Å². The van der Waals surface area contributed by atoms with E-state index in [1.54, 1.807) is 11.3 Å². The fourth-order valence-corrected chi connectivity index (χ4v) is 6.89. The Kier molecular flexibility index (Phi) is 4.99. The van der Waals surface area contributed by atoms with E-state index in [4.69, 9.17) is 0 Å². The summed E-state index contributed by atoms with van der Waals surface area (Å²) in [6.07, 6.45) is 12.0. The quantitative estimate of drug-likeness (QED) is 0.793. The van der Waals surface area contributed by atoms with Gasteiger partial charge in [0, 0.05) is 42.8 Å². The number of carbonyl (C=O) groups excluding carboxylic acids is 1. The first-order valence-electron chi connectivity index (χ1n) is 10.9. The van der Waals surface area contributed by atoms with Gasteiger partial charge < -0.3 is 0 Å². The highest BCUT2D eigenvalue weighted by atomic mass is 32.1. The number of fused-ring (bicyclic) bond motifs is 3. The van der Waals surface area contributed by atoms with Crippen LogP contribution in [0.2, 0.25) is 0 Å². The Bertz CT molecular complexity index is 659. The molecule has 3 saturated heterocycles. The van der Waals surface area contributed by atoms with Crippen molar-refractivity contribution in [1.82, 2.24) is 14.8 Å². The van der Waals surface area contributed by atoms with Gasteiger partial charge in [-0.25, -0.2) is 4.98 Å². The molecule has 4 aliphatic rings. The predicted octanol–water partition coefficient (Wildman–Crippen LogP) is 3.37. The summed E-state index contributed by atoms with van der Waals surface area (Å²) in [4.78, 5) is 25.4. The van der Waals surface area contributed by atoms with E-state index < -0.39 is 0 Å². The average Bonchev–Trinajstić information content (AvgIpc) is 3.44. The first-order valence-corrected chi connectivity index (χ1v) is 11.8. The normalized spacial score (nSPS) is 33.1. The highest BCUT2D eigenvalue weighted by Crippen LogP contribution is 2.41. The van der Waals surface area contributed by atoms with Crippen LogP contribution in [0.3, 0.4) is 0 Å². The molecular weight excluding hydrogens is 356 g/mol. The molecule has 4 heterocycles. The second kappa shape index (κ2) is 7.45. The summed E-state index contributed by atoms with van der Waals surface area (Å²) in [6, 6.07) is 1.82. The maximum Gasteiger partial charge on any atom is 0.246 e. The van der Waals surface area contributed by atoms with E-state index >= 15 is 0 Å². The summed E-state index contributed by atoms with van der Waals surface area (Å²) < 4.78 is 0. The number of thiazole rings is 1. The summed E-state index contributed by atoms with van der Waals surface area (Å²) in [5, 5.41) is 2.90. The average molecular weight is 389 g/mol. The number of rotatable bonds is 4. The number of hydrogen-bond acceptors (Lipinski definition) is 5. The van der Waals surface area contributed by atoms with Crippen LogP contribution in [0.25, 0.3) is 0 Å². The van der Waals surface area contributed by atoms with Crippen LogP contribution in [0.4, 0.5) is 5.13 Å². The summed E-state index contributed by atoms with van der Waals surface area (Å²) in [7, 11) is 0. The minimum atomic E-state index is -0.0394. The van der Waals surface area contributed by atoms with Crippen molar-refractivity contribution in [3.05, 3.63) is 11.6 Å². The molecule has 0 N–H and O–H groups in total. The van der Waals surface area contributed by atoms with Crippen LogP contribution in [-0.2, 0) is 4.79 Å². The van der Waals surface area contributed by atoms with Gasteiger partial charge in [0.25, 0.3) is 0 Å². The van der Waals surface area contributed by atoms with Crippen LogP contribution < -0.4 is 4.90 Å². The third kappa shape index (κ3) is 3.23. The number of carbonyl (C=O) groups is 1. The van der Waals surface area contributed by atoms with Crippen molar-refractivity contribution in [3.63, 3.8) is 0 Å². The SMILES string of the molecule is CC(C(=O)N(c1nccs1)C1CCCCC1)N1C[C@H]2CC3CCCN3[C@H]2C1. The van der Waals surface area contributed by atoms with E-state index in [9.17, 15) is 4.79 Å². The van der Waals surface area contributed by atoms with Gasteiger partial charge in [0.2, 0.25) is 5.91 Å². The molecule has 4 fully saturated rings. The molecule has 5 rings (SSSR count). The topological polar surface area (TPSA) is 39.7 Å². The smallest absolute Gasteiger partial charge is 0.246 e. The first-order chi connectivity index (χ1) is 13.2. The van der Waals surface area contributed by atoms with Gasteiger partial charge in [-0.3, -0.25) is 19.5 Å². The fraction of sp³-hybridized carbons (Fsp3) is 0.810. The molecule has 2 unspecified atom stereocenters. The lowest BCUT2D eigenvalue weighted by Gasteiger charge is -2.36. The first kappa shape index (κ1) is 18.1. The van der Waals surface area contributed by atoms with E-state index in [0.717, 1.165) is 43.0 Å². The van der Waals surface area contributed by atoms with Gasteiger partial charge in [0.1, 0.15) is 0 Å². The summed E-state index contributed by atoms with van der Waals surface area (Å²) in [5.74, 6) is 1.04. The molecular formula is C21H32N4OS. The number of aromatic nitrogens is 1. The molecule has 1 aliphatic carbocycles. The molecule has 0 spiro atoms. The molecule has 148 valence electrons. The molecule has 0 bridgehead atoms. The molecule has 3 aliphatic heterocycles. The fourth-order valence-electron chi connectivity index (χ4n) is 6.17. The van der Waals surface area contributed by atoms with Crippen molar-refractivity contribution >= 4 is 22.4 Å². The lowest BCUT2D eigenvalue weighted by atomic mass is 9.94. The van der Waals surface area contributed by atoms with E-state index in [1.165, 1.54) is 45.1 Å². The summed E-state index contributed by atoms with van der Waals surface area (Å²) in [5.41, 5.74) is 0. The lowest BCUT2D eigenvalue weighted by Crippen LogP contribution is -2.51. The minimum Gasteiger partial charge on any atom is -0.296 e. The number of nitrogens with zero attached hydrogens (tertiary/aromatic N) is 4. The molecule has 1 aromatic heterocycles. The standard InChI is InChI=1S/C21H32N4OS/c1-15(23-13-16-12-18-8-5-10-24(18)19(16)14-23)20(26)25(21-22-9-11-27-21)17-6-3-2-4-7-17/h9,11,15-19H,2-8,10,12-14H2,1H3/t15?,16-,18?,19+/m1/s1. The number of likely N-dealkylation sites (tertiary alicyclic amines) is 1. The number of amides is 1. The Balaban J connectivity index is 1.31. The van der Waals surface area contributed by atoms with E-state index in [2.05, 4.69) is 26.6 Å². The third-order valence-corrected chi connectivity index (χ3v) is 8.34. The van der Waals surface area contributed by atoms with Crippen molar-refractivity contribution in [3.8, 4) is 0 Å². The summed E-state index contributed by atoms with van der Waals surface area (Å²) >= 11 is 1.61. The molecule has 1 amide bonds. The Morgan fingerprint density at radius 3 is 2.85 bits per heavy atom. The predicted molar refractivity (Wildman–Crippen MR) is 109 cm³/mol. The Hall–Kier alpha value is -0.980. The Morgan fingerprint density at radius 2 is 2.07 bits per heavy atom. The van der Waals surface area contributed by atoms with E-state index in [0.29, 0.717) is 12.1 Å². The van der Waals surface area contributed by atoms with Crippen LogP contribution >= 0.6 is 11.3 Å². The van der Waals surface area contributed by atoms with Gasteiger partial charge >= 0.3 is 0 Å². The zero-order valence-electron chi connectivity index (χ0n) is 16.4. The number of anilines is 1. The van der Waals surface area contributed by atoms with Crippen LogP contribution in [-0.4, -0.2) is 64.5 Å². The van der Waals surface area contributed by atoms with Gasteiger partial charge in [-0.05, 0) is 51.5 Å². The molecule has 1 saturated carbocycles. The molecule has 27 heavy (non-hydrogen) atoms. The Morgan fingerprint density at radius 1 is 1.22 bits per heavy atom. The van der Waals surface area contributed by atoms with Crippen LogP contribution in [0, 0.1) is 5.92 Å². The zero-order chi connectivity index (χ0) is 18.4. The molecule has 5 nitrogen and oxygen atoms in total. The van der Waals surface area contributed by atoms with Gasteiger partial charge in [-0.15, -0.1) is 11.3 Å². The molecule has 1 aromatic rings.